The first-order valence-electron chi connectivity index (χ1n) is 7.00. The van der Waals surface area contributed by atoms with Crippen molar-refractivity contribution in [2.75, 3.05) is 37.4 Å². The van der Waals surface area contributed by atoms with Crippen LogP contribution in [0.2, 0.25) is 0 Å². The van der Waals surface area contributed by atoms with E-state index in [-0.39, 0.29) is 0 Å². The van der Waals surface area contributed by atoms with Crippen molar-refractivity contribution >= 4 is 33.3 Å². The van der Waals surface area contributed by atoms with Crippen LogP contribution in [0.3, 0.4) is 0 Å². The lowest BCUT2D eigenvalue weighted by atomic mass is 10.0. The van der Waals surface area contributed by atoms with E-state index in [0.717, 1.165) is 22.6 Å². The monoisotopic (exact) mass is 310 g/mol. The SMILES string of the molecule is CCNc1nc(NCC(C)(O)CCOC)c2ccsc2n1. The molecule has 0 aliphatic heterocycles. The van der Waals surface area contributed by atoms with Gasteiger partial charge < -0.3 is 20.5 Å². The first kappa shape index (κ1) is 15.9. The van der Waals surface area contributed by atoms with Crippen LogP contribution >= 0.6 is 11.3 Å². The van der Waals surface area contributed by atoms with E-state index in [1.165, 1.54) is 0 Å². The van der Waals surface area contributed by atoms with Crippen molar-refractivity contribution in [1.82, 2.24) is 9.97 Å². The number of methoxy groups -OCH3 is 1. The fourth-order valence-electron chi connectivity index (χ4n) is 1.91. The van der Waals surface area contributed by atoms with E-state index in [1.807, 2.05) is 18.4 Å². The fraction of sp³-hybridized carbons (Fsp3) is 0.571. The Kier molecular flexibility index (Phi) is 5.33. The van der Waals surface area contributed by atoms with Crippen LogP contribution in [0.4, 0.5) is 11.8 Å². The van der Waals surface area contributed by atoms with Gasteiger partial charge in [0.15, 0.2) is 0 Å². The van der Waals surface area contributed by atoms with E-state index in [0.29, 0.717) is 25.5 Å². The number of nitrogens with one attached hydrogen (secondary N) is 2. The molecule has 3 N–H and O–H groups in total. The van der Waals surface area contributed by atoms with Crippen molar-refractivity contribution in [3.8, 4) is 0 Å². The van der Waals surface area contributed by atoms with Gasteiger partial charge in [0.25, 0.3) is 0 Å². The number of ether oxygens (including phenoxy) is 1. The average molecular weight is 310 g/mol. The summed E-state index contributed by atoms with van der Waals surface area (Å²) in [7, 11) is 1.63. The first-order valence-corrected chi connectivity index (χ1v) is 7.88. The van der Waals surface area contributed by atoms with Gasteiger partial charge in [-0.3, -0.25) is 0 Å². The first-order chi connectivity index (χ1) is 10.1. The van der Waals surface area contributed by atoms with E-state index in [1.54, 1.807) is 25.4 Å². The predicted molar refractivity (Wildman–Crippen MR) is 87.2 cm³/mol. The molecule has 0 aliphatic carbocycles. The lowest BCUT2D eigenvalue weighted by Crippen LogP contribution is -2.35. The zero-order chi connectivity index (χ0) is 15.3. The molecule has 21 heavy (non-hydrogen) atoms. The highest BCUT2D eigenvalue weighted by Gasteiger charge is 2.20. The molecule has 0 saturated carbocycles. The molecule has 6 nitrogen and oxygen atoms in total. The molecule has 0 bridgehead atoms. The lowest BCUT2D eigenvalue weighted by molar-refractivity contribution is 0.0357. The molecule has 2 aromatic rings. The summed E-state index contributed by atoms with van der Waals surface area (Å²) in [5, 5.41) is 19.6. The van der Waals surface area contributed by atoms with Crippen LogP contribution in [-0.4, -0.2) is 47.5 Å². The van der Waals surface area contributed by atoms with Crippen LogP contribution in [0.25, 0.3) is 10.2 Å². The van der Waals surface area contributed by atoms with E-state index in [9.17, 15) is 5.11 Å². The van der Waals surface area contributed by atoms with Crippen LogP contribution in [0, 0.1) is 0 Å². The summed E-state index contributed by atoms with van der Waals surface area (Å²) in [6, 6.07) is 1.99. The zero-order valence-electron chi connectivity index (χ0n) is 12.6. The maximum Gasteiger partial charge on any atom is 0.226 e. The molecular weight excluding hydrogens is 288 g/mol. The quantitative estimate of drug-likeness (QED) is 0.694. The summed E-state index contributed by atoms with van der Waals surface area (Å²) in [5.74, 6) is 1.35. The average Bonchev–Trinajstić information content (AvgIpc) is 2.91. The third-order valence-electron chi connectivity index (χ3n) is 3.14. The van der Waals surface area contributed by atoms with E-state index < -0.39 is 5.60 Å². The Hall–Kier alpha value is -1.44. The second kappa shape index (κ2) is 7.02. The molecule has 1 atom stereocenters. The van der Waals surface area contributed by atoms with Gasteiger partial charge in [-0.25, -0.2) is 4.98 Å². The van der Waals surface area contributed by atoms with Gasteiger partial charge in [-0.1, -0.05) is 0 Å². The lowest BCUT2D eigenvalue weighted by Gasteiger charge is -2.23. The number of aromatic nitrogens is 2. The van der Waals surface area contributed by atoms with Gasteiger partial charge in [0.05, 0.1) is 11.0 Å². The van der Waals surface area contributed by atoms with E-state index in [4.69, 9.17) is 4.74 Å². The normalized spacial score (nSPS) is 14.1. The second-order valence-electron chi connectivity index (χ2n) is 5.16. The number of fused-ring (bicyclic) bond motifs is 1. The summed E-state index contributed by atoms with van der Waals surface area (Å²) >= 11 is 1.58. The molecule has 0 aliphatic rings. The maximum absolute atomic E-state index is 10.3. The molecule has 2 heterocycles. The highest BCUT2D eigenvalue weighted by Crippen LogP contribution is 2.27. The number of nitrogens with zero attached hydrogens (tertiary/aromatic N) is 2. The molecule has 116 valence electrons. The summed E-state index contributed by atoms with van der Waals surface area (Å²) in [6.07, 6.45) is 0.564. The summed E-state index contributed by atoms with van der Waals surface area (Å²) in [4.78, 5) is 9.86. The Labute approximate surface area is 128 Å². The summed E-state index contributed by atoms with van der Waals surface area (Å²) < 4.78 is 5.02. The molecule has 0 saturated heterocycles. The largest absolute Gasteiger partial charge is 0.388 e. The van der Waals surface area contributed by atoms with Crippen molar-refractivity contribution in [3.63, 3.8) is 0 Å². The van der Waals surface area contributed by atoms with Crippen LogP contribution in [0.1, 0.15) is 20.3 Å². The standard InChI is InChI=1S/C14H22N4O2S/c1-4-15-13-17-11(10-5-8-21-12(10)18-13)16-9-14(2,19)6-7-20-3/h5,8,19H,4,6-7,9H2,1-3H3,(H2,15,16,17,18). The molecule has 0 amide bonds. The molecule has 0 fully saturated rings. The molecule has 7 heteroatoms. The van der Waals surface area contributed by atoms with Gasteiger partial charge in [-0.15, -0.1) is 11.3 Å². The molecule has 2 rings (SSSR count). The van der Waals surface area contributed by atoms with Gasteiger partial charge in [0.2, 0.25) is 5.95 Å². The molecule has 2 aromatic heterocycles. The van der Waals surface area contributed by atoms with Crippen molar-refractivity contribution < 1.29 is 9.84 Å². The summed E-state index contributed by atoms with van der Waals surface area (Å²) in [6.45, 7) is 5.49. The van der Waals surface area contributed by atoms with E-state index in [2.05, 4.69) is 20.6 Å². The number of anilines is 2. The molecule has 1 unspecified atom stereocenters. The van der Waals surface area contributed by atoms with Gasteiger partial charge in [0, 0.05) is 33.2 Å². The Morgan fingerprint density at radius 1 is 1.38 bits per heavy atom. The number of thiophene rings is 1. The number of hydrogen-bond acceptors (Lipinski definition) is 7. The third-order valence-corrected chi connectivity index (χ3v) is 3.95. The highest BCUT2D eigenvalue weighted by molar-refractivity contribution is 7.16. The van der Waals surface area contributed by atoms with Crippen LogP contribution < -0.4 is 10.6 Å². The minimum atomic E-state index is -0.846. The van der Waals surface area contributed by atoms with Gasteiger partial charge in [-0.05, 0) is 25.3 Å². The van der Waals surface area contributed by atoms with Gasteiger partial charge in [-0.2, -0.15) is 4.98 Å². The number of aliphatic hydroxyl groups is 1. The number of rotatable bonds is 8. The minimum absolute atomic E-state index is 0.407. The Morgan fingerprint density at radius 2 is 2.19 bits per heavy atom. The minimum Gasteiger partial charge on any atom is -0.388 e. The highest BCUT2D eigenvalue weighted by atomic mass is 32.1. The Morgan fingerprint density at radius 3 is 2.90 bits per heavy atom. The summed E-state index contributed by atoms with van der Waals surface area (Å²) in [5.41, 5.74) is -0.846. The fourth-order valence-corrected chi connectivity index (χ4v) is 2.68. The maximum atomic E-state index is 10.3. The van der Waals surface area contributed by atoms with Gasteiger partial charge >= 0.3 is 0 Å². The van der Waals surface area contributed by atoms with Crippen molar-refractivity contribution in [1.29, 1.82) is 0 Å². The van der Waals surface area contributed by atoms with Crippen molar-refractivity contribution in [3.05, 3.63) is 11.4 Å². The Balaban J connectivity index is 2.15. The third kappa shape index (κ3) is 4.26. The second-order valence-corrected chi connectivity index (χ2v) is 6.05. The smallest absolute Gasteiger partial charge is 0.226 e. The van der Waals surface area contributed by atoms with E-state index >= 15 is 0 Å². The Bertz CT molecular complexity index is 585. The topological polar surface area (TPSA) is 79.3 Å². The van der Waals surface area contributed by atoms with Crippen LogP contribution in [0.5, 0.6) is 0 Å². The van der Waals surface area contributed by atoms with Crippen molar-refractivity contribution in [2.45, 2.75) is 25.9 Å². The van der Waals surface area contributed by atoms with Crippen molar-refractivity contribution in [2.24, 2.45) is 0 Å². The zero-order valence-corrected chi connectivity index (χ0v) is 13.5. The number of hydrogen-bond donors (Lipinski definition) is 3. The molecule has 0 aromatic carbocycles. The molecule has 0 spiro atoms. The predicted octanol–water partition coefficient (Wildman–Crippen LogP) is 2.32. The molecular formula is C14H22N4O2S. The van der Waals surface area contributed by atoms with Gasteiger partial charge in [0.1, 0.15) is 10.6 Å². The van der Waals surface area contributed by atoms with Crippen LogP contribution in [-0.2, 0) is 4.74 Å². The van der Waals surface area contributed by atoms with Crippen LogP contribution in [0.15, 0.2) is 11.4 Å². The molecule has 0 radical (unpaired) electrons.